The molecular formula is C23H28O4. The molecule has 0 saturated carbocycles. The highest BCUT2D eigenvalue weighted by Crippen LogP contribution is 2.35. The maximum atomic E-state index is 12.7. The van der Waals surface area contributed by atoms with Crippen molar-refractivity contribution in [3.05, 3.63) is 71.8 Å². The fourth-order valence-corrected chi connectivity index (χ4v) is 3.37. The van der Waals surface area contributed by atoms with Crippen LogP contribution in [-0.4, -0.2) is 23.6 Å². The Morgan fingerprint density at radius 1 is 0.852 bits per heavy atom. The summed E-state index contributed by atoms with van der Waals surface area (Å²) in [6, 6.07) is 17.8. The minimum Gasteiger partial charge on any atom is -0.455 e. The first-order valence-corrected chi connectivity index (χ1v) is 9.49. The van der Waals surface area contributed by atoms with Crippen LogP contribution in [0, 0.1) is 5.92 Å². The predicted molar refractivity (Wildman–Crippen MR) is 106 cm³/mol. The van der Waals surface area contributed by atoms with Crippen LogP contribution in [-0.2, 0) is 9.47 Å². The maximum Gasteiger partial charge on any atom is 0.338 e. The molecule has 0 aliphatic carbocycles. The van der Waals surface area contributed by atoms with Gasteiger partial charge in [-0.2, -0.15) is 0 Å². The van der Waals surface area contributed by atoms with Crippen molar-refractivity contribution in [2.45, 2.75) is 52.2 Å². The molecule has 0 spiro atoms. The largest absolute Gasteiger partial charge is 0.455 e. The first-order chi connectivity index (χ1) is 12.9. The number of esters is 2. The summed E-state index contributed by atoms with van der Waals surface area (Å²) in [6.45, 7) is 7.87. The van der Waals surface area contributed by atoms with Crippen LogP contribution in [0.3, 0.4) is 0 Å². The molecule has 27 heavy (non-hydrogen) atoms. The number of carbonyl (C=O) groups is 2. The van der Waals surface area contributed by atoms with Crippen LogP contribution in [0.1, 0.15) is 61.3 Å². The van der Waals surface area contributed by atoms with Gasteiger partial charge >= 0.3 is 11.9 Å². The van der Waals surface area contributed by atoms with Crippen LogP contribution < -0.4 is 0 Å². The van der Waals surface area contributed by atoms with Gasteiger partial charge in [0.25, 0.3) is 0 Å². The van der Waals surface area contributed by atoms with Gasteiger partial charge in [-0.1, -0.05) is 64.1 Å². The van der Waals surface area contributed by atoms with Crippen LogP contribution >= 0.6 is 0 Å². The number of rotatable bonds is 8. The Balaban J connectivity index is 2.28. The topological polar surface area (TPSA) is 52.6 Å². The lowest BCUT2D eigenvalue weighted by atomic mass is 9.80. The summed E-state index contributed by atoms with van der Waals surface area (Å²) in [6.07, 6.45) is 0.555. The molecule has 0 N–H and O–H groups in total. The molecule has 2 aromatic carbocycles. The molecule has 4 heteroatoms. The van der Waals surface area contributed by atoms with Crippen molar-refractivity contribution in [3.63, 3.8) is 0 Å². The van der Waals surface area contributed by atoms with Crippen molar-refractivity contribution in [3.8, 4) is 0 Å². The highest BCUT2D eigenvalue weighted by Gasteiger charge is 2.45. The smallest absolute Gasteiger partial charge is 0.338 e. The van der Waals surface area contributed by atoms with E-state index in [1.54, 1.807) is 48.5 Å². The predicted octanol–water partition coefficient (Wildman–Crippen LogP) is 5.28. The highest BCUT2D eigenvalue weighted by atomic mass is 16.6. The average molecular weight is 368 g/mol. The van der Waals surface area contributed by atoms with E-state index >= 15 is 0 Å². The normalized spacial score (nSPS) is 14.3. The summed E-state index contributed by atoms with van der Waals surface area (Å²) in [5, 5.41) is 0. The van der Waals surface area contributed by atoms with E-state index in [1.165, 1.54) is 0 Å². The molecule has 0 fully saturated rings. The molecule has 0 radical (unpaired) electrons. The second-order valence-electron chi connectivity index (χ2n) is 6.89. The van der Waals surface area contributed by atoms with Crippen LogP contribution in [0.15, 0.2) is 60.7 Å². The molecule has 0 aromatic heterocycles. The number of carbonyl (C=O) groups excluding carboxylic acids is 2. The van der Waals surface area contributed by atoms with Gasteiger partial charge < -0.3 is 9.47 Å². The van der Waals surface area contributed by atoms with Gasteiger partial charge in [0, 0.05) is 0 Å². The zero-order chi connectivity index (χ0) is 19.9. The molecule has 2 rings (SSSR count). The zero-order valence-electron chi connectivity index (χ0n) is 16.5. The van der Waals surface area contributed by atoms with Gasteiger partial charge in [-0.25, -0.2) is 9.59 Å². The van der Waals surface area contributed by atoms with Crippen molar-refractivity contribution < 1.29 is 19.1 Å². The number of ether oxygens (including phenoxy) is 2. The summed E-state index contributed by atoms with van der Waals surface area (Å²) in [7, 11) is 0. The Morgan fingerprint density at radius 3 is 1.74 bits per heavy atom. The lowest BCUT2D eigenvalue weighted by molar-refractivity contribution is -0.124. The van der Waals surface area contributed by atoms with E-state index in [-0.39, 0.29) is 5.92 Å². The second-order valence-corrected chi connectivity index (χ2v) is 6.89. The van der Waals surface area contributed by atoms with E-state index in [0.717, 1.165) is 0 Å². The SMILES string of the molecule is CCC(OC(=O)c1ccccc1)C(CC)(OC(=O)c1ccccc1)C(C)C. The molecule has 2 aromatic rings. The second kappa shape index (κ2) is 9.36. The molecular weight excluding hydrogens is 340 g/mol. The molecule has 4 nitrogen and oxygen atoms in total. The third-order valence-electron chi connectivity index (χ3n) is 5.00. The van der Waals surface area contributed by atoms with Crippen molar-refractivity contribution in [2.75, 3.05) is 0 Å². The summed E-state index contributed by atoms with van der Waals surface area (Å²) in [4.78, 5) is 25.3. The molecule has 0 heterocycles. The molecule has 0 saturated heterocycles. The van der Waals surface area contributed by atoms with E-state index < -0.39 is 23.6 Å². The van der Waals surface area contributed by atoms with Crippen molar-refractivity contribution in [2.24, 2.45) is 5.92 Å². The zero-order valence-corrected chi connectivity index (χ0v) is 16.5. The van der Waals surface area contributed by atoms with Crippen molar-refractivity contribution >= 4 is 11.9 Å². The molecule has 0 amide bonds. The first-order valence-electron chi connectivity index (χ1n) is 9.49. The van der Waals surface area contributed by atoms with Crippen LogP contribution in [0.4, 0.5) is 0 Å². The van der Waals surface area contributed by atoms with E-state index in [1.807, 2.05) is 39.8 Å². The fourth-order valence-electron chi connectivity index (χ4n) is 3.37. The summed E-state index contributed by atoms with van der Waals surface area (Å²) in [5.74, 6) is -0.833. The Labute approximate surface area is 161 Å². The van der Waals surface area contributed by atoms with Crippen LogP contribution in [0.2, 0.25) is 0 Å². The molecule has 2 unspecified atom stereocenters. The summed E-state index contributed by atoms with van der Waals surface area (Å²) in [5.41, 5.74) is 0.0749. The molecule has 144 valence electrons. The van der Waals surface area contributed by atoms with Gasteiger partial charge in [0.1, 0.15) is 6.10 Å². The Bertz CT molecular complexity index is 739. The number of hydrogen-bond acceptors (Lipinski definition) is 4. The Morgan fingerprint density at radius 2 is 1.33 bits per heavy atom. The number of benzene rings is 2. The third-order valence-corrected chi connectivity index (χ3v) is 5.00. The molecule has 0 aliphatic rings. The fraction of sp³-hybridized carbons (Fsp3) is 0.391. The monoisotopic (exact) mass is 368 g/mol. The van der Waals surface area contributed by atoms with Crippen LogP contribution in [0.5, 0.6) is 0 Å². The van der Waals surface area contributed by atoms with Gasteiger partial charge in [0.2, 0.25) is 0 Å². The Hall–Kier alpha value is -2.62. The Kier molecular flexibility index (Phi) is 7.17. The molecule has 0 bridgehead atoms. The van der Waals surface area contributed by atoms with Gasteiger partial charge in [0.05, 0.1) is 11.1 Å². The van der Waals surface area contributed by atoms with E-state index in [2.05, 4.69) is 0 Å². The van der Waals surface area contributed by atoms with Gasteiger partial charge in [-0.15, -0.1) is 0 Å². The van der Waals surface area contributed by atoms with E-state index in [0.29, 0.717) is 24.0 Å². The highest BCUT2D eigenvalue weighted by molar-refractivity contribution is 5.90. The average Bonchev–Trinajstić information content (AvgIpc) is 2.71. The van der Waals surface area contributed by atoms with Crippen LogP contribution in [0.25, 0.3) is 0 Å². The lowest BCUT2D eigenvalue weighted by Gasteiger charge is -2.41. The van der Waals surface area contributed by atoms with Gasteiger partial charge in [-0.3, -0.25) is 0 Å². The maximum absolute atomic E-state index is 12.7. The number of hydrogen-bond donors (Lipinski definition) is 0. The third kappa shape index (κ3) is 4.76. The minimum absolute atomic E-state index is 0.0244. The quantitative estimate of drug-likeness (QED) is 0.595. The molecule has 0 aliphatic heterocycles. The standard InChI is InChI=1S/C23H28O4/c1-5-20(26-21(24)18-13-9-7-10-14-18)23(6-2,17(3)4)27-22(25)19-15-11-8-12-16-19/h7-17,20H,5-6H2,1-4H3. The lowest BCUT2D eigenvalue weighted by Crippen LogP contribution is -2.52. The molecule has 2 atom stereocenters. The van der Waals surface area contributed by atoms with E-state index in [9.17, 15) is 9.59 Å². The summed E-state index contributed by atoms with van der Waals surface area (Å²) >= 11 is 0. The summed E-state index contributed by atoms with van der Waals surface area (Å²) < 4.78 is 11.8. The van der Waals surface area contributed by atoms with E-state index in [4.69, 9.17) is 9.47 Å². The van der Waals surface area contributed by atoms with Gasteiger partial charge in [0.15, 0.2) is 5.60 Å². The first kappa shape index (κ1) is 20.7. The van der Waals surface area contributed by atoms with Gasteiger partial charge in [-0.05, 0) is 43.0 Å². The van der Waals surface area contributed by atoms with Crippen molar-refractivity contribution in [1.82, 2.24) is 0 Å². The minimum atomic E-state index is -0.897. The van der Waals surface area contributed by atoms with Crippen molar-refractivity contribution in [1.29, 1.82) is 0 Å².